The predicted octanol–water partition coefficient (Wildman–Crippen LogP) is 4.96. The standard InChI is InChI=1S/C29H30N4O2/c1-30-28(34)22-12-15-25-24(18-22)26(29(35)32-25)27(21-8-4-2-5-9-21)31-23-13-10-20(11-14-23)19-33-16-6-3-7-17-33/h2,4-5,8-15,18,31H,3,6-7,16-17,19H2,1H3,(H,30,34)(H,32,35)/b27-26-. The van der Waals surface area contributed by atoms with Crippen molar-refractivity contribution in [3.8, 4) is 0 Å². The number of carbonyl (C=O) groups is 2. The first-order chi connectivity index (χ1) is 17.1. The highest BCUT2D eigenvalue weighted by Crippen LogP contribution is 2.38. The molecule has 0 bridgehead atoms. The van der Waals surface area contributed by atoms with Crippen molar-refractivity contribution in [2.75, 3.05) is 30.8 Å². The molecular weight excluding hydrogens is 436 g/mol. The number of rotatable bonds is 6. The van der Waals surface area contributed by atoms with Gasteiger partial charge < -0.3 is 16.0 Å². The van der Waals surface area contributed by atoms with E-state index in [1.807, 2.05) is 30.3 Å². The van der Waals surface area contributed by atoms with Crippen molar-refractivity contribution in [2.45, 2.75) is 25.8 Å². The zero-order valence-electron chi connectivity index (χ0n) is 19.9. The summed E-state index contributed by atoms with van der Waals surface area (Å²) >= 11 is 0. The molecule has 0 aromatic heterocycles. The average molecular weight is 467 g/mol. The van der Waals surface area contributed by atoms with E-state index in [1.54, 1.807) is 25.2 Å². The van der Waals surface area contributed by atoms with Crippen molar-refractivity contribution in [1.29, 1.82) is 0 Å². The summed E-state index contributed by atoms with van der Waals surface area (Å²) in [4.78, 5) is 27.9. The van der Waals surface area contributed by atoms with E-state index in [-0.39, 0.29) is 11.8 Å². The van der Waals surface area contributed by atoms with Gasteiger partial charge in [0.2, 0.25) is 0 Å². The lowest BCUT2D eigenvalue weighted by Crippen LogP contribution is -2.29. The van der Waals surface area contributed by atoms with Gasteiger partial charge in [-0.15, -0.1) is 0 Å². The Morgan fingerprint density at radius 1 is 0.914 bits per heavy atom. The first-order valence-electron chi connectivity index (χ1n) is 12.2. The Morgan fingerprint density at radius 2 is 1.66 bits per heavy atom. The van der Waals surface area contributed by atoms with E-state index >= 15 is 0 Å². The Balaban J connectivity index is 1.50. The lowest BCUT2D eigenvalue weighted by atomic mass is 9.98. The summed E-state index contributed by atoms with van der Waals surface area (Å²) < 4.78 is 0. The van der Waals surface area contributed by atoms with E-state index in [2.05, 4.69) is 45.1 Å². The van der Waals surface area contributed by atoms with Gasteiger partial charge in [0, 0.05) is 36.1 Å². The number of nitrogens with one attached hydrogen (secondary N) is 3. The zero-order valence-corrected chi connectivity index (χ0v) is 19.9. The maximum absolute atomic E-state index is 13.1. The van der Waals surface area contributed by atoms with Gasteiger partial charge in [-0.3, -0.25) is 14.5 Å². The van der Waals surface area contributed by atoms with Crippen molar-refractivity contribution in [3.05, 3.63) is 95.1 Å². The number of fused-ring (bicyclic) bond motifs is 1. The fourth-order valence-electron chi connectivity index (χ4n) is 4.80. The second kappa shape index (κ2) is 10.2. The third kappa shape index (κ3) is 4.98. The van der Waals surface area contributed by atoms with Crippen molar-refractivity contribution in [1.82, 2.24) is 10.2 Å². The summed E-state index contributed by atoms with van der Waals surface area (Å²) in [6.45, 7) is 3.29. The average Bonchev–Trinajstić information content (AvgIpc) is 3.23. The minimum Gasteiger partial charge on any atom is -0.355 e. The minimum absolute atomic E-state index is 0.190. The summed E-state index contributed by atoms with van der Waals surface area (Å²) in [5, 5.41) is 9.11. The van der Waals surface area contributed by atoms with Crippen LogP contribution in [-0.4, -0.2) is 36.9 Å². The summed E-state index contributed by atoms with van der Waals surface area (Å²) in [5.41, 5.74) is 6.24. The topological polar surface area (TPSA) is 73.5 Å². The molecule has 5 rings (SSSR count). The molecule has 1 saturated heterocycles. The molecule has 2 heterocycles. The number of amides is 2. The van der Waals surface area contributed by atoms with Crippen LogP contribution in [0, 0.1) is 0 Å². The van der Waals surface area contributed by atoms with Gasteiger partial charge in [-0.2, -0.15) is 0 Å². The summed E-state index contributed by atoms with van der Waals surface area (Å²) in [7, 11) is 1.60. The highest BCUT2D eigenvalue weighted by molar-refractivity contribution is 6.37. The summed E-state index contributed by atoms with van der Waals surface area (Å²) in [6, 6.07) is 23.5. The van der Waals surface area contributed by atoms with Crippen LogP contribution in [0.2, 0.25) is 0 Å². The van der Waals surface area contributed by atoms with Gasteiger partial charge in [-0.1, -0.05) is 48.9 Å². The van der Waals surface area contributed by atoms with Crippen LogP contribution in [0.25, 0.3) is 11.3 Å². The van der Waals surface area contributed by atoms with E-state index in [0.29, 0.717) is 28.1 Å². The van der Waals surface area contributed by atoms with Crippen molar-refractivity contribution >= 4 is 34.5 Å². The van der Waals surface area contributed by atoms with E-state index in [1.165, 1.54) is 24.8 Å². The molecule has 2 amide bonds. The normalized spacial score (nSPS) is 16.9. The van der Waals surface area contributed by atoms with Crippen LogP contribution in [-0.2, 0) is 11.3 Å². The zero-order chi connectivity index (χ0) is 24.2. The Labute approximate surface area is 206 Å². The number of carbonyl (C=O) groups excluding carboxylic acids is 2. The van der Waals surface area contributed by atoms with E-state index in [4.69, 9.17) is 0 Å². The summed E-state index contributed by atoms with van der Waals surface area (Å²) in [5.74, 6) is -0.382. The Kier molecular flexibility index (Phi) is 6.64. The van der Waals surface area contributed by atoms with Crippen molar-refractivity contribution < 1.29 is 9.59 Å². The highest BCUT2D eigenvalue weighted by Gasteiger charge is 2.29. The molecule has 0 aliphatic carbocycles. The molecule has 0 radical (unpaired) electrons. The number of likely N-dealkylation sites (tertiary alicyclic amines) is 1. The second-order valence-electron chi connectivity index (χ2n) is 9.07. The smallest absolute Gasteiger partial charge is 0.258 e. The molecule has 178 valence electrons. The Bertz CT molecular complexity index is 1260. The SMILES string of the molecule is CNC(=O)c1ccc2c(c1)/C(=C(/Nc1ccc(CN3CCCCC3)cc1)c1ccccc1)C(=O)N2. The lowest BCUT2D eigenvalue weighted by molar-refractivity contribution is -0.110. The molecule has 3 aromatic rings. The number of hydrogen-bond donors (Lipinski definition) is 3. The number of piperidine rings is 1. The van der Waals surface area contributed by atoms with Gasteiger partial charge >= 0.3 is 0 Å². The van der Waals surface area contributed by atoms with Crippen LogP contribution >= 0.6 is 0 Å². The molecule has 0 saturated carbocycles. The van der Waals surface area contributed by atoms with Gasteiger partial charge in [0.1, 0.15) is 0 Å². The number of anilines is 2. The van der Waals surface area contributed by atoms with Gasteiger partial charge in [0.15, 0.2) is 0 Å². The van der Waals surface area contributed by atoms with Crippen molar-refractivity contribution in [3.63, 3.8) is 0 Å². The second-order valence-corrected chi connectivity index (χ2v) is 9.07. The molecular formula is C29H30N4O2. The maximum atomic E-state index is 13.1. The first-order valence-corrected chi connectivity index (χ1v) is 12.2. The minimum atomic E-state index is -0.192. The number of hydrogen-bond acceptors (Lipinski definition) is 4. The molecule has 0 spiro atoms. The van der Waals surface area contributed by atoms with Gasteiger partial charge in [0.25, 0.3) is 11.8 Å². The van der Waals surface area contributed by atoms with Crippen LogP contribution < -0.4 is 16.0 Å². The molecule has 2 aliphatic rings. The molecule has 3 aromatic carbocycles. The van der Waals surface area contributed by atoms with Gasteiger partial charge in [0.05, 0.1) is 11.3 Å². The quantitative estimate of drug-likeness (QED) is 0.449. The summed E-state index contributed by atoms with van der Waals surface area (Å²) in [6.07, 6.45) is 3.88. The molecule has 3 N–H and O–H groups in total. The number of benzene rings is 3. The third-order valence-corrected chi connectivity index (χ3v) is 6.64. The van der Waals surface area contributed by atoms with E-state index in [0.717, 1.165) is 30.9 Å². The highest BCUT2D eigenvalue weighted by atomic mass is 16.2. The lowest BCUT2D eigenvalue weighted by Gasteiger charge is -2.26. The molecule has 6 heteroatoms. The van der Waals surface area contributed by atoms with Crippen LogP contribution in [0.1, 0.15) is 46.3 Å². The first kappa shape index (κ1) is 22.9. The van der Waals surface area contributed by atoms with E-state index < -0.39 is 0 Å². The third-order valence-electron chi connectivity index (χ3n) is 6.64. The molecule has 35 heavy (non-hydrogen) atoms. The van der Waals surface area contributed by atoms with Crippen LogP contribution in [0.4, 0.5) is 11.4 Å². The Morgan fingerprint density at radius 3 is 2.37 bits per heavy atom. The van der Waals surface area contributed by atoms with Crippen LogP contribution in [0.15, 0.2) is 72.8 Å². The molecule has 6 nitrogen and oxygen atoms in total. The maximum Gasteiger partial charge on any atom is 0.258 e. The number of nitrogens with zero attached hydrogens (tertiary/aromatic N) is 1. The Hall–Kier alpha value is -3.90. The molecule has 0 atom stereocenters. The monoisotopic (exact) mass is 466 g/mol. The van der Waals surface area contributed by atoms with Crippen LogP contribution in [0.3, 0.4) is 0 Å². The fraction of sp³-hybridized carbons (Fsp3) is 0.241. The van der Waals surface area contributed by atoms with Crippen LogP contribution in [0.5, 0.6) is 0 Å². The molecule has 1 fully saturated rings. The van der Waals surface area contributed by atoms with Gasteiger partial charge in [-0.25, -0.2) is 0 Å². The largest absolute Gasteiger partial charge is 0.355 e. The molecule has 2 aliphatic heterocycles. The fourth-order valence-corrected chi connectivity index (χ4v) is 4.80. The molecule has 0 unspecified atom stereocenters. The predicted molar refractivity (Wildman–Crippen MR) is 141 cm³/mol. The van der Waals surface area contributed by atoms with Crippen molar-refractivity contribution in [2.24, 2.45) is 0 Å². The van der Waals surface area contributed by atoms with Gasteiger partial charge in [-0.05, 0) is 67.4 Å². The van der Waals surface area contributed by atoms with E-state index in [9.17, 15) is 9.59 Å².